The minimum atomic E-state index is 0.0196. The maximum absolute atomic E-state index is 12.4. The monoisotopic (exact) mass is 368 g/mol. The number of H-pyrrole nitrogens is 1. The highest BCUT2D eigenvalue weighted by molar-refractivity contribution is 7.14. The van der Waals surface area contributed by atoms with Crippen molar-refractivity contribution in [2.75, 3.05) is 25.0 Å². The van der Waals surface area contributed by atoms with Crippen LogP contribution in [-0.2, 0) is 4.79 Å². The third kappa shape index (κ3) is 3.66. The zero-order chi connectivity index (χ0) is 18.1. The van der Waals surface area contributed by atoms with E-state index in [0.29, 0.717) is 23.5 Å². The Labute approximate surface area is 157 Å². The predicted octanol–water partition coefficient (Wildman–Crippen LogP) is 4.21. The van der Waals surface area contributed by atoms with Crippen LogP contribution in [0.1, 0.15) is 20.3 Å². The number of hydrogen-bond acceptors (Lipinski definition) is 4. The summed E-state index contributed by atoms with van der Waals surface area (Å²) in [5.74, 6) is 1.32. The smallest absolute Gasteiger partial charge is 0.240 e. The molecule has 0 saturated carbocycles. The number of nitrogens with one attached hydrogen (secondary N) is 2. The van der Waals surface area contributed by atoms with Crippen molar-refractivity contribution in [3.8, 4) is 11.3 Å². The Kier molecular flexibility index (Phi) is 4.78. The van der Waals surface area contributed by atoms with Crippen molar-refractivity contribution in [2.45, 2.75) is 20.3 Å². The number of piperidine rings is 1. The van der Waals surface area contributed by atoms with Gasteiger partial charge in [0.2, 0.25) is 5.91 Å². The average molecular weight is 369 g/mol. The lowest BCUT2D eigenvalue weighted by molar-refractivity contribution is -0.117. The first-order valence-corrected chi connectivity index (χ1v) is 10.0. The standard InChI is InChI=1S/C20H24N4OS/c1-13-7-14(2)10-24(9-13)11-19(25)23-20-22-18(12-26-20)16-8-21-17-6-4-3-5-15(16)17/h3-6,8,12-14,21H,7,9-11H2,1-2H3,(H,22,23,25). The zero-order valence-corrected chi connectivity index (χ0v) is 16.0. The first kappa shape index (κ1) is 17.2. The minimum absolute atomic E-state index is 0.0196. The maximum Gasteiger partial charge on any atom is 0.240 e. The largest absolute Gasteiger partial charge is 0.360 e. The van der Waals surface area contributed by atoms with Crippen LogP contribution in [0.15, 0.2) is 35.8 Å². The van der Waals surface area contributed by atoms with Crippen molar-refractivity contribution >= 4 is 33.3 Å². The van der Waals surface area contributed by atoms with Gasteiger partial charge in [0, 0.05) is 41.1 Å². The van der Waals surface area contributed by atoms with Gasteiger partial charge in [0.25, 0.3) is 0 Å². The van der Waals surface area contributed by atoms with E-state index in [4.69, 9.17) is 0 Å². The molecule has 1 aromatic carbocycles. The zero-order valence-electron chi connectivity index (χ0n) is 15.2. The normalized spacial score (nSPS) is 21.2. The van der Waals surface area contributed by atoms with Crippen molar-refractivity contribution in [2.24, 2.45) is 11.8 Å². The molecule has 26 heavy (non-hydrogen) atoms. The topological polar surface area (TPSA) is 61.0 Å². The van der Waals surface area contributed by atoms with Gasteiger partial charge in [-0.25, -0.2) is 4.98 Å². The summed E-state index contributed by atoms with van der Waals surface area (Å²) in [6.07, 6.45) is 3.22. The van der Waals surface area contributed by atoms with Crippen LogP contribution in [0.2, 0.25) is 0 Å². The quantitative estimate of drug-likeness (QED) is 0.725. The van der Waals surface area contributed by atoms with Crippen LogP contribution in [0.25, 0.3) is 22.2 Å². The van der Waals surface area contributed by atoms with Crippen LogP contribution in [0, 0.1) is 11.8 Å². The van der Waals surface area contributed by atoms with Crippen LogP contribution in [0.3, 0.4) is 0 Å². The number of para-hydroxylation sites is 1. The number of benzene rings is 1. The fourth-order valence-electron chi connectivity index (χ4n) is 4.02. The first-order chi connectivity index (χ1) is 12.6. The molecule has 0 bridgehead atoms. The molecular formula is C20H24N4OS. The summed E-state index contributed by atoms with van der Waals surface area (Å²) in [4.78, 5) is 22.5. The number of anilines is 1. The molecule has 4 rings (SSSR count). The second kappa shape index (κ2) is 7.21. The number of nitrogens with zero attached hydrogens (tertiary/aromatic N) is 2. The van der Waals surface area contributed by atoms with Gasteiger partial charge in [-0.05, 0) is 24.3 Å². The summed E-state index contributed by atoms with van der Waals surface area (Å²) in [5.41, 5.74) is 3.05. The molecule has 0 aliphatic carbocycles. The third-order valence-corrected chi connectivity index (χ3v) is 5.69. The summed E-state index contributed by atoms with van der Waals surface area (Å²) >= 11 is 1.47. The van der Waals surface area contributed by atoms with Gasteiger partial charge in [-0.3, -0.25) is 9.69 Å². The Morgan fingerprint density at radius 3 is 2.88 bits per heavy atom. The molecule has 0 spiro atoms. The molecule has 3 aromatic rings. The number of aromatic nitrogens is 2. The number of amides is 1. The molecule has 2 atom stereocenters. The van der Waals surface area contributed by atoms with Gasteiger partial charge in [-0.2, -0.15) is 0 Å². The molecule has 1 amide bonds. The molecule has 2 N–H and O–H groups in total. The van der Waals surface area contributed by atoms with Gasteiger partial charge in [0.1, 0.15) is 0 Å². The molecule has 136 valence electrons. The lowest BCUT2D eigenvalue weighted by Gasteiger charge is -2.34. The van der Waals surface area contributed by atoms with Crippen molar-refractivity contribution in [1.29, 1.82) is 0 Å². The lowest BCUT2D eigenvalue weighted by Crippen LogP contribution is -2.42. The molecule has 1 aliphatic rings. The van der Waals surface area contributed by atoms with E-state index >= 15 is 0 Å². The third-order valence-electron chi connectivity index (χ3n) is 4.93. The summed E-state index contributed by atoms with van der Waals surface area (Å²) < 4.78 is 0. The summed E-state index contributed by atoms with van der Waals surface area (Å²) in [6.45, 7) is 6.95. The molecule has 1 saturated heterocycles. The molecule has 6 heteroatoms. The van der Waals surface area contributed by atoms with E-state index in [1.54, 1.807) is 0 Å². The highest BCUT2D eigenvalue weighted by atomic mass is 32.1. The Morgan fingerprint density at radius 1 is 1.31 bits per heavy atom. The summed E-state index contributed by atoms with van der Waals surface area (Å²) in [7, 11) is 0. The van der Waals surface area contributed by atoms with Crippen LogP contribution < -0.4 is 5.32 Å². The molecule has 2 unspecified atom stereocenters. The van der Waals surface area contributed by atoms with Crippen LogP contribution >= 0.6 is 11.3 Å². The molecule has 0 radical (unpaired) electrons. The van der Waals surface area contributed by atoms with Crippen molar-refractivity contribution in [3.05, 3.63) is 35.8 Å². The maximum atomic E-state index is 12.4. The van der Waals surface area contributed by atoms with Gasteiger partial charge in [-0.1, -0.05) is 32.0 Å². The summed E-state index contributed by atoms with van der Waals surface area (Å²) in [5, 5.41) is 6.77. The van der Waals surface area contributed by atoms with Crippen molar-refractivity contribution in [1.82, 2.24) is 14.9 Å². The SMILES string of the molecule is CC1CC(C)CN(CC(=O)Nc2nc(-c3c[nH]c4ccccc34)cs2)C1. The van der Waals surface area contributed by atoms with Crippen molar-refractivity contribution in [3.63, 3.8) is 0 Å². The average Bonchev–Trinajstić information content (AvgIpc) is 3.20. The van der Waals surface area contributed by atoms with E-state index < -0.39 is 0 Å². The number of thiazole rings is 1. The second-order valence-corrected chi connectivity index (χ2v) is 8.33. The first-order valence-electron chi connectivity index (χ1n) is 9.12. The van der Waals surface area contributed by atoms with E-state index in [1.807, 2.05) is 23.7 Å². The Balaban J connectivity index is 1.43. The molecule has 1 aliphatic heterocycles. The van der Waals surface area contributed by atoms with Gasteiger partial charge < -0.3 is 10.3 Å². The fourth-order valence-corrected chi connectivity index (χ4v) is 4.75. The van der Waals surface area contributed by atoms with Gasteiger partial charge in [0.15, 0.2) is 5.13 Å². The molecule has 5 nitrogen and oxygen atoms in total. The Hall–Kier alpha value is -2.18. The van der Waals surface area contributed by atoms with Crippen LogP contribution in [-0.4, -0.2) is 40.4 Å². The number of rotatable bonds is 4. The molecule has 3 heterocycles. The van der Waals surface area contributed by atoms with Gasteiger partial charge in [0.05, 0.1) is 12.2 Å². The Morgan fingerprint density at radius 2 is 2.08 bits per heavy atom. The Bertz CT molecular complexity index is 905. The van der Waals surface area contributed by atoms with Crippen LogP contribution in [0.5, 0.6) is 0 Å². The molecule has 1 fully saturated rings. The van der Waals surface area contributed by atoms with Gasteiger partial charge in [-0.15, -0.1) is 11.3 Å². The second-order valence-electron chi connectivity index (χ2n) is 7.47. The lowest BCUT2D eigenvalue weighted by atomic mass is 9.92. The van der Waals surface area contributed by atoms with Crippen LogP contribution in [0.4, 0.5) is 5.13 Å². The number of likely N-dealkylation sites (tertiary alicyclic amines) is 1. The van der Waals surface area contributed by atoms with Crippen molar-refractivity contribution < 1.29 is 4.79 Å². The number of fused-ring (bicyclic) bond motifs is 1. The number of carbonyl (C=O) groups excluding carboxylic acids is 1. The van der Waals surface area contributed by atoms with E-state index in [9.17, 15) is 4.79 Å². The number of carbonyl (C=O) groups is 1. The fraction of sp³-hybridized carbons (Fsp3) is 0.400. The highest BCUT2D eigenvalue weighted by Gasteiger charge is 2.23. The van der Waals surface area contributed by atoms with E-state index in [2.05, 4.69) is 46.2 Å². The predicted molar refractivity (Wildman–Crippen MR) is 107 cm³/mol. The minimum Gasteiger partial charge on any atom is -0.360 e. The molecular weight excluding hydrogens is 344 g/mol. The van der Waals surface area contributed by atoms with E-state index in [1.165, 1.54) is 17.8 Å². The van der Waals surface area contributed by atoms with E-state index in [-0.39, 0.29) is 5.91 Å². The number of hydrogen-bond donors (Lipinski definition) is 2. The highest BCUT2D eigenvalue weighted by Crippen LogP contribution is 2.31. The summed E-state index contributed by atoms with van der Waals surface area (Å²) in [6, 6.07) is 8.17. The van der Waals surface area contributed by atoms with Gasteiger partial charge >= 0.3 is 0 Å². The molecule has 2 aromatic heterocycles. The van der Waals surface area contributed by atoms with E-state index in [0.717, 1.165) is 35.2 Å². The number of aromatic amines is 1.